The SMILES string of the molecule is Cc1ccc(CN2C(=O)C(C)Oc3ccc(NC(=O)CNC(=O)c4ccccc4)cc32)cc1. The highest BCUT2D eigenvalue weighted by molar-refractivity contribution is 6.02. The molecule has 1 aliphatic rings. The molecule has 0 spiro atoms. The Bertz CT molecular complexity index is 1180. The van der Waals surface area contributed by atoms with Crippen LogP contribution in [0.25, 0.3) is 0 Å². The Hall–Kier alpha value is -4.13. The average Bonchev–Trinajstić information content (AvgIpc) is 2.82. The number of nitrogens with zero attached hydrogens (tertiary/aromatic N) is 1. The van der Waals surface area contributed by atoms with Crippen LogP contribution in [0.15, 0.2) is 72.8 Å². The molecule has 1 heterocycles. The molecule has 168 valence electrons. The predicted octanol–water partition coefficient (Wildman–Crippen LogP) is 3.68. The highest BCUT2D eigenvalue weighted by atomic mass is 16.5. The number of amides is 3. The zero-order valence-electron chi connectivity index (χ0n) is 18.5. The van der Waals surface area contributed by atoms with Crippen LogP contribution in [0.5, 0.6) is 5.75 Å². The molecule has 3 aromatic carbocycles. The van der Waals surface area contributed by atoms with Crippen molar-refractivity contribution in [2.45, 2.75) is 26.5 Å². The summed E-state index contributed by atoms with van der Waals surface area (Å²) < 4.78 is 5.76. The molecular weight excluding hydrogens is 418 g/mol. The predicted molar refractivity (Wildman–Crippen MR) is 126 cm³/mol. The van der Waals surface area contributed by atoms with Crippen LogP contribution in [0.1, 0.15) is 28.4 Å². The fourth-order valence-electron chi connectivity index (χ4n) is 3.58. The standard InChI is InChI=1S/C26H25N3O4/c1-17-8-10-19(11-9-17)16-29-22-14-21(12-13-23(22)33-18(2)26(29)32)28-24(30)15-27-25(31)20-6-4-3-5-7-20/h3-14,18H,15-16H2,1-2H3,(H,27,31)(H,28,30). The van der Waals surface area contributed by atoms with E-state index in [1.54, 1.807) is 54.3 Å². The lowest BCUT2D eigenvalue weighted by molar-refractivity contribution is -0.125. The second kappa shape index (κ2) is 9.56. The molecule has 3 aromatic rings. The first-order valence-corrected chi connectivity index (χ1v) is 10.7. The maximum absolute atomic E-state index is 12.9. The van der Waals surface area contributed by atoms with Gasteiger partial charge in [0.2, 0.25) is 5.91 Å². The Morgan fingerprint density at radius 1 is 1.00 bits per heavy atom. The summed E-state index contributed by atoms with van der Waals surface area (Å²) in [7, 11) is 0. The maximum Gasteiger partial charge on any atom is 0.268 e. The fraction of sp³-hybridized carbons (Fsp3) is 0.192. The van der Waals surface area contributed by atoms with Gasteiger partial charge in [-0.25, -0.2) is 0 Å². The molecule has 3 amide bonds. The highest BCUT2D eigenvalue weighted by Crippen LogP contribution is 2.37. The van der Waals surface area contributed by atoms with Gasteiger partial charge in [-0.2, -0.15) is 0 Å². The normalized spacial score (nSPS) is 14.8. The number of ether oxygens (including phenoxy) is 1. The number of carbonyl (C=O) groups is 3. The van der Waals surface area contributed by atoms with Crippen molar-refractivity contribution in [2.75, 3.05) is 16.8 Å². The smallest absolute Gasteiger partial charge is 0.268 e. The fourth-order valence-corrected chi connectivity index (χ4v) is 3.58. The van der Waals surface area contributed by atoms with Gasteiger partial charge in [-0.15, -0.1) is 0 Å². The average molecular weight is 444 g/mol. The van der Waals surface area contributed by atoms with E-state index in [9.17, 15) is 14.4 Å². The topological polar surface area (TPSA) is 87.7 Å². The van der Waals surface area contributed by atoms with E-state index < -0.39 is 6.10 Å². The Kier molecular flexibility index (Phi) is 6.40. The summed E-state index contributed by atoms with van der Waals surface area (Å²) in [6.07, 6.45) is -0.600. The first-order valence-electron chi connectivity index (χ1n) is 10.7. The van der Waals surface area contributed by atoms with Crippen molar-refractivity contribution in [1.82, 2.24) is 5.32 Å². The number of carbonyl (C=O) groups excluding carboxylic acids is 3. The molecule has 7 heteroatoms. The Labute approximate surface area is 192 Å². The van der Waals surface area contributed by atoms with Gasteiger partial charge in [-0.1, -0.05) is 48.0 Å². The molecule has 1 unspecified atom stereocenters. The van der Waals surface area contributed by atoms with Gasteiger partial charge in [-0.05, 0) is 49.7 Å². The molecule has 0 aromatic heterocycles. The van der Waals surface area contributed by atoms with E-state index in [0.717, 1.165) is 11.1 Å². The molecule has 4 rings (SSSR count). The van der Waals surface area contributed by atoms with Crippen molar-refractivity contribution in [3.8, 4) is 5.75 Å². The van der Waals surface area contributed by atoms with Crippen LogP contribution < -0.4 is 20.3 Å². The summed E-state index contributed by atoms with van der Waals surface area (Å²) >= 11 is 0. The van der Waals surface area contributed by atoms with Crippen LogP contribution >= 0.6 is 0 Å². The second-order valence-electron chi connectivity index (χ2n) is 7.95. The third-order valence-corrected chi connectivity index (χ3v) is 5.36. The molecule has 0 saturated carbocycles. The van der Waals surface area contributed by atoms with E-state index in [2.05, 4.69) is 10.6 Å². The number of anilines is 2. The number of rotatable bonds is 6. The number of nitrogens with one attached hydrogen (secondary N) is 2. The third kappa shape index (κ3) is 5.20. The molecule has 2 N–H and O–H groups in total. The summed E-state index contributed by atoms with van der Waals surface area (Å²) in [5.74, 6) is -0.277. The van der Waals surface area contributed by atoms with Crippen molar-refractivity contribution in [3.63, 3.8) is 0 Å². The molecule has 7 nitrogen and oxygen atoms in total. The first-order chi connectivity index (χ1) is 15.9. The minimum Gasteiger partial charge on any atom is -0.479 e. The summed E-state index contributed by atoms with van der Waals surface area (Å²) in [6, 6.07) is 21.8. The van der Waals surface area contributed by atoms with E-state index in [1.807, 2.05) is 37.3 Å². The van der Waals surface area contributed by atoms with Crippen molar-refractivity contribution in [1.29, 1.82) is 0 Å². The van der Waals surface area contributed by atoms with Gasteiger partial charge in [-0.3, -0.25) is 14.4 Å². The molecule has 0 saturated heterocycles. The highest BCUT2D eigenvalue weighted by Gasteiger charge is 2.31. The van der Waals surface area contributed by atoms with Crippen LogP contribution in [0.4, 0.5) is 11.4 Å². The molecule has 0 bridgehead atoms. The van der Waals surface area contributed by atoms with Gasteiger partial charge in [0.25, 0.3) is 11.8 Å². The zero-order chi connectivity index (χ0) is 23.4. The molecule has 0 aliphatic carbocycles. The summed E-state index contributed by atoms with van der Waals surface area (Å²) in [4.78, 5) is 39.1. The van der Waals surface area contributed by atoms with Crippen molar-refractivity contribution < 1.29 is 19.1 Å². The Morgan fingerprint density at radius 3 is 2.45 bits per heavy atom. The van der Waals surface area contributed by atoms with Crippen molar-refractivity contribution in [3.05, 3.63) is 89.5 Å². The number of aryl methyl sites for hydroxylation is 1. The third-order valence-electron chi connectivity index (χ3n) is 5.36. The number of benzene rings is 3. The summed E-state index contributed by atoms with van der Waals surface area (Å²) in [6.45, 7) is 3.95. The minimum atomic E-state index is -0.600. The van der Waals surface area contributed by atoms with Crippen LogP contribution in [-0.4, -0.2) is 30.4 Å². The van der Waals surface area contributed by atoms with Gasteiger partial charge >= 0.3 is 0 Å². The minimum absolute atomic E-state index is 0.151. The lowest BCUT2D eigenvalue weighted by atomic mass is 10.1. The van der Waals surface area contributed by atoms with Gasteiger partial charge in [0.05, 0.1) is 18.8 Å². The van der Waals surface area contributed by atoms with E-state index in [4.69, 9.17) is 4.74 Å². The van der Waals surface area contributed by atoms with E-state index in [0.29, 0.717) is 29.2 Å². The van der Waals surface area contributed by atoms with Crippen molar-refractivity contribution >= 4 is 29.1 Å². The van der Waals surface area contributed by atoms with Crippen LogP contribution in [-0.2, 0) is 16.1 Å². The van der Waals surface area contributed by atoms with Crippen LogP contribution in [0.2, 0.25) is 0 Å². The number of hydrogen-bond acceptors (Lipinski definition) is 4. The molecule has 0 radical (unpaired) electrons. The Morgan fingerprint density at radius 2 is 1.73 bits per heavy atom. The van der Waals surface area contributed by atoms with Gasteiger partial charge in [0.1, 0.15) is 5.75 Å². The van der Waals surface area contributed by atoms with Crippen molar-refractivity contribution in [2.24, 2.45) is 0 Å². The number of hydrogen-bond donors (Lipinski definition) is 2. The Balaban J connectivity index is 1.47. The lowest BCUT2D eigenvalue weighted by Gasteiger charge is -2.33. The van der Waals surface area contributed by atoms with Gasteiger partial charge in [0, 0.05) is 11.3 Å². The molecule has 1 atom stereocenters. The second-order valence-corrected chi connectivity index (χ2v) is 7.95. The quantitative estimate of drug-likeness (QED) is 0.608. The molecular formula is C26H25N3O4. The number of fused-ring (bicyclic) bond motifs is 1. The zero-order valence-corrected chi connectivity index (χ0v) is 18.5. The largest absolute Gasteiger partial charge is 0.479 e. The van der Waals surface area contributed by atoms with E-state index in [1.165, 1.54) is 0 Å². The van der Waals surface area contributed by atoms with Crippen LogP contribution in [0, 0.1) is 6.92 Å². The summed E-state index contributed by atoms with van der Waals surface area (Å²) in [5.41, 5.74) is 3.71. The summed E-state index contributed by atoms with van der Waals surface area (Å²) in [5, 5.41) is 5.37. The molecule has 33 heavy (non-hydrogen) atoms. The van der Waals surface area contributed by atoms with E-state index in [-0.39, 0.29) is 24.3 Å². The van der Waals surface area contributed by atoms with E-state index >= 15 is 0 Å². The van der Waals surface area contributed by atoms with Crippen LogP contribution in [0.3, 0.4) is 0 Å². The molecule has 1 aliphatic heterocycles. The lowest BCUT2D eigenvalue weighted by Crippen LogP contribution is -2.44. The monoisotopic (exact) mass is 443 g/mol. The first kappa shape index (κ1) is 22.1. The maximum atomic E-state index is 12.9. The van der Waals surface area contributed by atoms with Gasteiger partial charge < -0.3 is 20.3 Å². The molecule has 0 fully saturated rings. The van der Waals surface area contributed by atoms with Gasteiger partial charge in [0.15, 0.2) is 6.10 Å².